The minimum absolute atomic E-state index is 0.692. The van der Waals surface area contributed by atoms with Gasteiger partial charge in [0.15, 0.2) is 0 Å². The summed E-state index contributed by atoms with van der Waals surface area (Å²) in [4.78, 5) is 0. The fourth-order valence-corrected chi connectivity index (χ4v) is 1.28. The molecule has 1 nitrogen and oxygen atoms in total. The molecule has 0 radical (unpaired) electrons. The van der Waals surface area contributed by atoms with Gasteiger partial charge in [0, 0.05) is 0 Å². The van der Waals surface area contributed by atoms with E-state index in [2.05, 4.69) is 23.9 Å². The molecule has 0 aliphatic heterocycles. The zero-order valence-electron chi connectivity index (χ0n) is 7.77. The van der Waals surface area contributed by atoms with Gasteiger partial charge in [-0.3, -0.25) is 0 Å². The lowest BCUT2D eigenvalue weighted by atomic mass is 10.1. The average molecular weight is 181 g/mol. The van der Waals surface area contributed by atoms with Gasteiger partial charge in [-0.1, -0.05) is 48.2 Å². The summed E-state index contributed by atoms with van der Waals surface area (Å²) in [6.45, 7) is 0. The number of benzene rings is 1. The zero-order chi connectivity index (χ0) is 9.80. The average Bonchev–Trinajstić information content (AvgIpc) is 2.63. The molecule has 0 spiro atoms. The lowest BCUT2D eigenvalue weighted by molar-refractivity contribution is 1.45. The normalized spacial score (nSPS) is 14.6. The Balaban J connectivity index is 2.10. The minimum Gasteiger partial charge on any atom is -0.392 e. The molecule has 0 atom stereocenters. The van der Waals surface area contributed by atoms with Crippen LogP contribution in [0, 0.1) is 0 Å². The van der Waals surface area contributed by atoms with E-state index in [-0.39, 0.29) is 0 Å². The van der Waals surface area contributed by atoms with Crippen molar-refractivity contribution in [3.05, 3.63) is 71.1 Å². The Morgan fingerprint density at radius 1 is 1.07 bits per heavy atom. The van der Waals surface area contributed by atoms with Gasteiger partial charge in [-0.15, -0.1) is 0 Å². The molecule has 1 heteroatoms. The van der Waals surface area contributed by atoms with Gasteiger partial charge in [-0.05, 0) is 23.3 Å². The number of allylic oxidation sites excluding steroid dienone is 3. The maximum Gasteiger partial charge on any atom is 0.0753 e. The second kappa shape index (κ2) is 3.82. The van der Waals surface area contributed by atoms with Crippen LogP contribution in [0.15, 0.2) is 65.6 Å². The van der Waals surface area contributed by atoms with E-state index in [1.165, 1.54) is 5.56 Å². The van der Waals surface area contributed by atoms with Crippen molar-refractivity contribution < 1.29 is 0 Å². The number of hydrogen-bond acceptors (Lipinski definition) is 1. The molecule has 0 saturated carbocycles. The Morgan fingerprint density at radius 2 is 1.86 bits per heavy atom. The Labute approximate surface area is 83.6 Å². The van der Waals surface area contributed by atoms with Crippen molar-refractivity contribution in [3.8, 4) is 0 Å². The summed E-state index contributed by atoms with van der Waals surface area (Å²) < 4.78 is 0. The van der Waals surface area contributed by atoms with Crippen molar-refractivity contribution in [1.82, 2.24) is 0 Å². The quantitative estimate of drug-likeness (QED) is 0.697. The third-order valence-electron chi connectivity index (χ3n) is 2.00. The Kier molecular flexibility index (Phi) is 2.35. The first-order valence-electron chi connectivity index (χ1n) is 4.51. The maximum atomic E-state index is 5.56. The third kappa shape index (κ3) is 2.03. The summed E-state index contributed by atoms with van der Waals surface area (Å²) in [6.07, 6.45) is 7.87. The van der Waals surface area contributed by atoms with Crippen molar-refractivity contribution >= 4 is 6.08 Å². The lowest BCUT2D eigenvalue weighted by Crippen LogP contribution is -1.87. The fourth-order valence-electron chi connectivity index (χ4n) is 1.28. The number of rotatable bonds is 2. The molecule has 2 N–H and O–H groups in total. The number of nitrogens with two attached hydrogens (primary N) is 1. The van der Waals surface area contributed by atoms with Gasteiger partial charge in [0.1, 0.15) is 0 Å². The van der Waals surface area contributed by atoms with Gasteiger partial charge in [0.2, 0.25) is 0 Å². The van der Waals surface area contributed by atoms with Crippen molar-refractivity contribution in [2.45, 2.75) is 0 Å². The standard InChI is InChI=1S/C13H11N/c14-13-9-8-12(10-13)7-6-11-4-2-1-3-5-11/h1-8,10H,14H2. The molecule has 0 bridgehead atoms. The zero-order valence-corrected chi connectivity index (χ0v) is 7.77. The van der Waals surface area contributed by atoms with E-state index in [9.17, 15) is 0 Å². The van der Waals surface area contributed by atoms with Crippen LogP contribution in [0.5, 0.6) is 0 Å². The van der Waals surface area contributed by atoms with Crippen LogP contribution in [-0.2, 0) is 0 Å². The van der Waals surface area contributed by atoms with Gasteiger partial charge in [-0.25, -0.2) is 0 Å². The number of hydrogen-bond donors (Lipinski definition) is 1. The van der Waals surface area contributed by atoms with E-state index in [4.69, 9.17) is 5.73 Å². The second-order valence-corrected chi connectivity index (χ2v) is 3.13. The van der Waals surface area contributed by atoms with Crippen LogP contribution in [-0.4, -0.2) is 0 Å². The van der Waals surface area contributed by atoms with E-state index in [1.54, 1.807) is 0 Å². The summed E-state index contributed by atoms with van der Waals surface area (Å²) in [5.41, 5.74) is 11.5. The van der Waals surface area contributed by atoms with Crippen LogP contribution < -0.4 is 5.73 Å². The van der Waals surface area contributed by atoms with Gasteiger partial charge in [0.05, 0.1) is 5.70 Å². The Hall–Kier alpha value is -1.98. The molecule has 1 aliphatic rings. The molecule has 0 unspecified atom stereocenters. The van der Waals surface area contributed by atoms with Crippen LogP contribution in [0.4, 0.5) is 0 Å². The van der Waals surface area contributed by atoms with Crippen molar-refractivity contribution in [3.63, 3.8) is 0 Å². The topological polar surface area (TPSA) is 26.0 Å². The van der Waals surface area contributed by atoms with Gasteiger partial charge in [0.25, 0.3) is 0 Å². The van der Waals surface area contributed by atoms with Crippen molar-refractivity contribution in [2.75, 3.05) is 0 Å². The van der Waals surface area contributed by atoms with Gasteiger partial charge < -0.3 is 5.73 Å². The molecule has 0 amide bonds. The molecule has 0 saturated heterocycles. The first-order chi connectivity index (χ1) is 6.84. The fraction of sp³-hybridized carbons (Fsp3) is 0. The highest BCUT2D eigenvalue weighted by atomic mass is 14.6. The largest absolute Gasteiger partial charge is 0.392 e. The molecule has 0 aromatic heterocycles. The maximum absolute atomic E-state index is 5.56. The summed E-state index contributed by atoms with van der Waals surface area (Å²) in [6, 6.07) is 10.2. The monoisotopic (exact) mass is 181 g/mol. The molecular formula is C13H11N. The van der Waals surface area contributed by atoms with Crippen LogP contribution in [0.2, 0.25) is 0 Å². The van der Waals surface area contributed by atoms with Crippen LogP contribution >= 0.6 is 0 Å². The molecule has 14 heavy (non-hydrogen) atoms. The van der Waals surface area contributed by atoms with E-state index in [0.29, 0.717) is 5.70 Å². The van der Waals surface area contributed by atoms with E-state index in [1.807, 2.05) is 36.4 Å². The van der Waals surface area contributed by atoms with Crippen molar-refractivity contribution in [2.24, 2.45) is 5.73 Å². The molecule has 1 aromatic carbocycles. The lowest BCUT2D eigenvalue weighted by Gasteiger charge is -1.91. The van der Waals surface area contributed by atoms with Crippen LogP contribution in [0.1, 0.15) is 5.56 Å². The summed E-state index contributed by atoms with van der Waals surface area (Å²) in [5.74, 6) is 0. The smallest absolute Gasteiger partial charge is 0.0753 e. The van der Waals surface area contributed by atoms with Crippen LogP contribution in [0.25, 0.3) is 6.08 Å². The summed E-state index contributed by atoms with van der Waals surface area (Å²) >= 11 is 0. The van der Waals surface area contributed by atoms with E-state index in [0.717, 1.165) is 5.57 Å². The summed E-state index contributed by atoms with van der Waals surface area (Å²) in [5, 5.41) is 0. The van der Waals surface area contributed by atoms with E-state index < -0.39 is 0 Å². The molecule has 68 valence electrons. The first kappa shape index (κ1) is 8.61. The molecule has 1 aliphatic carbocycles. The summed E-state index contributed by atoms with van der Waals surface area (Å²) in [7, 11) is 0. The van der Waals surface area contributed by atoms with E-state index >= 15 is 0 Å². The molecule has 0 fully saturated rings. The molecule has 0 heterocycles. The van der Waals surface area contributed by atoms with Gasteiger partial charge >= 0.3 is 0 Å². The molecule has 1 aromatic rings. The van der Waals surface area contributed by atoms with Gasteiger partial charge in [-0.2, -0.15) is 0 Å². The highest BCUT2D eigenvalue weighted by molar-refractivity contribution is 5.56. The predicted octanol–water partition coefficient (Wildman–Crippen LogP) is 2.64. The highest BCUT2D eigenvalue weighted by Crippen LogP contribution is 2.10. The third-order valence-corrected chi connectivity index (χ3v) is 2.00. The minimum atomic E-state index is 0.692. The Morgan fingerprint density at radius 3 is 2.50 bits per heavy atom. The molecular weight excluding hydrogens is 170 g/mol. The second-order valence-electron chi connectivity index (χ2n) is 3.13. The first-order valence-corrected chi connectivity index (χ1v) is 4.51. The Bertz CT molecular complexity index is 443. The predicted molar refractivity (Wildman–Crippen MR) is 59.3 cm³/mol. The molecule has 2 rings (SSSR count). The highest BCUT2D eigenvalue weighted by Gasteiger charge is 1.93. The van der Waals surface area contributed by atoms with Crippen LogP contribution in [0.3, 0.4) is 0 Å². The SMILES string of the molecule is NC1=C=CC(C=Cc2ccccc2)=C1. The van der Waals surface area contributed by atoms with Crippen molar-refractivity contribution in [1.29, 1.82) is 0 Å².